The smallest absolute Gasteiger partial charge is 0.161 e. The van der Waals surface area contributed by atoms with Crippen LogP contribution in [0.15, 0.2) is 24.3 Å². The van der Waals surface area contributed by atoms with E-state index in [1.54, 1.807) is 35.5 Å². The summed E-state index contributed by atoms with van der Waals surface area (Å²) in [6, 6.07) is 8.23. The van der Waals surface area contributed by atoms with Crippen molar-refractivity contribution < 1.29 is 23.7 Å². The second-order valence-corrected chi connectivity index (χ2v) is 6.31. The second-order valence-electron chi connectivity index (χ2n) is 6.31. The van der Waals surface area contributed by atoms with E-state index in [1.165, 1.54) is 16.7 Å². The Morgan fingerprint density at radius 1 is 0.615 bits per heavy atom. The van der Waals surface area contributed by atoms with Gasteiger partial charge in [0, 0.05) is 13.5 Å². The monoisotopic (exact) mass is 358 g/mol. The molecular formula is C21H26O5. The predicted molar refractivity (Wildman–Crippen MR) is 100.0 cm³/mol. The van der Waals surface area contributed by atoms with E-state index in [4.69, 9.17) is 23.7 Å². The Labute approximate surface area is 154 Å². The fourth-order valence-electron chi connectivity index (χ4n) is 3.63. The van der Waals surface area contributed by atoms with Gasteiger partial charge in [-0.25, -0.2) is 0 Å². The van der Waals surface area contributed by atoms with Gasteiger partial charge >= 0.3 is 0 Å². The van der Waals surface area contributed by atoms with Crippen molar-refractivity contribution in [3.63, 3.8) is 0 Å². The summed E-state index contributed by atoms with van der Waals surface area (Å²) in [5, 5.41) is 0. The van der Waals surface area contributed by atoms with E-state index in [2.05, 4.69) is 18.2 Å². The zero-order valence-electron chi connectivity index (χ0n) is 16.0. The van der Waals surface area contributed by atoms with E-state index in [0.29, 0.717) is 0 Å². The van der Waals surface area contributed by atoms with Gasteiger partial charge in [-0.2, -0.15) is 0 Å². The first kappa shape index (κ1) is 18.4. The average molecular weight is 358 g/mol. The lowest BCUT2D eigenvalue weighted by atomic mass is 9.86. The third-order valence-electron chi connectivity index (χ3n) is 5.05. The van der Waals surface area contributed by atoms with Gasteiger partial charge in [0.25, 0.3) is 0 Å². The van der Waals surface area contributed by atoms with Gasteiger partial charge in [-0.1, -0.05) is 0 Å². The van der Waals surface area contributed by atoms with Gasteiger partial charge in [-0.05, 0) is 59.4 Å². The topological polar surface area (TPSA) is 46.2 Å². The first-order valence-corrected chi connectivity index (χ1v) is 8.66. The molecule has 1 aliphatic rings. The maximum Gasteiger partial charge on any atom is 0.161 e. The van der Waals surface area contributed by atoms with E-state index in [9.17, 15) is 0 Å². The van der Waals surface area contributed by atoms with Crippen LogP contribution in [-0.2, 0) is 24.0 Å². The molecule has 140 valence electrons. The molecule has 26 heavy (non-hydrogen) atoms. The minimum atomic E-state index is -0.0676. The summed E-state index contributed by atoms with van der Waals surface area (Å²) in [5.74, 6) is 2.97. The molecule has 0 N–H and O–H groups in total. The van der Waals surface area contributed by atoms with Crippen LogP contribution in [0, 0.1) is 0 Å². The highest BCUT2D eigenvalue weighted by Crippen LogP contribution is 2.40. The van der Waals surface area contributed by atoms with Crippen molar-refractivity contribution >= 4 is 0 Å². The molecule has 2 aromatic carbocycles. The summed E-state index contributed by atoms with van der Waals surface area (Å²) in [6.45, 7) is 0. The number of rotatable bonds is 5. The molecule has 0 radical (unpaired) electrons. The standard InChI is InChI=1S/C21H26O5/c1-22-17-10-15-11-20(25-4)18(23-2)8-13(15)6-7-14-9-19(24-3)21(26-5)12-16(14)17/h8-9,11-12,17H,6-7,10H2,1-5H3. The summed E-state index contributed by atoms with van der Waals surface area (Å²) in [5.41, 5.74) is 4.83. The van der Waals surface area contributed by atoms with Gasteiger partial charge in [0.05, 0.1) is 34.5 Å². The molecule has 0 heterocycles. The van der Waals surface area contributed by atoms with Crippen LogP contribution in [-0.4, -0.2) is 35.5 Å². The third-order valence-corrected chi connectivity index (χ3v) is 5.05. The van der Waals surface area contributed by atoms with Gasteiger partial charge < -0.3 is 23.7 Å². The number of hydrogen-bond donors (Lipinski definition) is 0. The molecule has 0 saturated heterocycles. The van der Waals surface area contributed by atoms with Gasteiger partial charge in [-0.3, -0.25) is 0 Å². The molecule has 1 unspecified atom stereocenters. The third kappa shape index (κ3) is 3.31. The van der Waals surface area contributed by atoms with Crippen LogP contribution in [0.25, 0.3) is 0 Å². The van der Waals surface area contributed by atoms with E-state index < -0.39 is 0 Å². The number of fused-ring (bicyclic) bond motifs is 2. The van der Waals surface area contributed by atoms with Crippen molar-refractivity contribution in [2.24, 2.45) is 0 Å². The van der Waals surface area contributed by atoms with Crippen molar-refractivity contribution in [2.45, 2.75) is 25.4 Å². The zero-order valence-corrected chi connectivity index (χ0v) is 16.0. The quantitative estimate of drug-likeness (QED) is 0.815. The fraction of sp³-hybridized carbons (Fsp3) is 0.429. The Kier molecular flexibility index (Phi) is 5.57. The van der Waals surface area contributed by atoms with Gasteiger partial charge in [0.2, 0.25) is 0 Å². The minimum absolute atomic E-state index is 0.0676. The lowest BCUT2D eigenvalue weighted by Crippen LogP contribution is -2.15. The molecule has 0 spiro atoms. The van der Waals surface area contributed by atoms with Crippen molar-refractivity contribution in [1.82, 2.24) is 0 Å². The molecule has 0 amide bonds. The van der Waals surface area contributed by atoms with Crippen LogP contribution < -0.4 is 18.9 Å². The van der Waals surface area contributed by atoms with Crippen molar-refractivity contribution in [1.29, 1.82) is 0 Å². The highest BCUT2D eigenvalue weighted by Gasteiger charge is 2.24. The molecule has 5 heteroatoms. The Morgan fingerprint density at radius 2 is 1.08 bits per heavy atom. The molecule has 1 aliphatic carbocycles. The van der Waals surface area contributed by atoms with Crippen LogP contribution in [0.1, 0.15) is 28.4 Å². The van der Waals surface area contributed by atoms with Crippen LogP contribution in [0.4, 0.5) is 0 Å². The molecule has 2 aromatic rings. The summed E-state index contributed by atoms with van der Waals surface area (Å²) in [6.07, 6.45) is 2.49. The van der Waals surface area contributed by atoms with Gasteiger partial charge in [-0.15, -0.1) is 0 Å². The van der Waals surface area contributed by atoms with Gasteiger partial charge in [0.15, 0.2) is 23.0 Å². The maximum absolute atomic E-state index is 5.84. The second kappa shape index (κ2) is 7.87. The number of hydrogen-bond acceptors (Lipinski definition) is 5. The summed E-state index contributed by atoms with van der Waals surface area (Å²) >= 11 is 0. The molecule has 0 aromatic heterocycles. The summed E-state index contributed by atoms with van der Waals surface area (Å²) < 4.78 is 27.8. The molecule has 1 atom stereocenters. The number of aryl methyl sites for hydroxylation is 2. The predicted octanol–water partition coefficient (Wildman–Crippen LogP) is 3.75. The summed E-state index contributed by atoms with van der Waals surface area (Å²) in [7, 11) is 8.38. The fourth-order valence-corrected chi connectivity index (χ4v) is 3.63. The first-order valence-electron chi connectivity index (χ1n) is 8.66. The molecule has 3 rings (SSSR count). The van der Waals surface area contributed by atoms with E-state index in [1.807, 2.05) is 6.07 Å². The summed E-state index contributed by atoms with van der Waals surface area (Å²) in [4.78, 5) is 0. The van der Waals surface area contributed by atoms with Crippen molar-refractivity contribution in [2.75, 3.05) is 35.5 Å². The Morgan fingerprint density at radius 3 is 1.62 bits per heavy atom. The number of benzene rings is 2. The lowest BCUT2D eigenvalue weighted by molar-refractivity contribution is 0.102. The van der Waals surface area contributed by atoms with E-state index in [0.717, 1.165) is 47.8 Å². The van der Waals surface area contributed by atoms with E-state index >= 15 is 0 Å². The molecule has 5 nitrogen and oxygen atoms in total. The lowest BCUT2D eigenvalue weighted by Gasteiger charge is -2.26. The highest BCUT2D eigenvalue weighted by atomic mass is 16.5. The maximum atomic E-state index is 5.84. The van der Waals surface area contributed by atoms with Crippen LogP contribution in [0.3, 0.4) is 0 Å². The zero-order chi connectivity index (χ0) is 18.7. The highest BCUT2D eigenvalue weighted by molar-refractivity contribution is 5.52. The van der Waals surface area contributed by atoms with Crippen LogP contribution >= 0.6 is 0 Å². The van der Waals surface area contributed by atoms with Crippen LogP contribution in [0.2, 0.25) is 0 Å². The Hall–Kier alpha value is -2.40. The molecule has 0 bridgehead atoms. The first-order chi connectivity index (χ1) is 12.6. The van der Waals surface area contributed by atoms with Gasteiger partial charge in [0.1, 0.15) is 0 Å². The molecule has 0 fully saturated rings. The molecule has 0 aliphatic heterocycles. The largest absolute Gasteiger partial charge is 0.493 e. The molecular weight excluding hydrogens is 332 g/mol. The molecule has 0 saturated carbocycles. The van der Waals surface area contributed by atoms with E-state index in [-0.39, 0.29) is 6.10 Å². The normalized spacial score (nSPS) is 16.0. The number of ether oxygens (including phenoxy) is 5. The van der Waals surface area contributed by atoms with Crippen LogP contribution in [0.5, 0.6) is 23.0 Å². The van der Waals surface area contributed by atoms with Crippen molar-refractivity contribution in [3.8, 4) is 23.0 Å². The Bertz CT molecular complexity index is 784. The average Bonchev–Trinajstić information content (AvgIpc) is 2.68. The minimum Gasteiger partial charge on any atom is -0.493 e. The number of methoxy groups -OCH3 is 5. The van der Waals surface area contributed by atoms with Crippen molar-refractivity contribution in [3.05, 3.63) is 46.5 Å². The Balaban J connectivity index is 2.08. The SMILES string of the molecule is COc1cc2c(cc1OC)CC(OC)c1cc(OC)c(OC)cc1CC2.